The van der Waals surface area contributed by atoms with Gasteiger partial charge in [0.15, 0.2) is 0 Å². The lowest BCUT2D eigenvalue weighted by molar-refractivity contribution is -0.121. The number of sulfonamides is 1. The second-order valence-corrected chi connectivity index (χ2v) is 11.0. The number of nitrogens with one attached hydrogen (secondary N) is 1. The molecule has 7 nitrogen and oxygen atoms in total. The van der Waals surface area contributed by atoms with Gasteiger partial charge in [-0.15, -0.1) is 11.3 Å². The fraction of sp³-hybridized carbons (Fsp3) is 0.450. The minimum Gasteiger partial charge on any atom is -0.497 e. The van der Waals surface area contributed by atoms with Gasteiger partial charge in [-0.3, -0.25) is 4.79 Å². The minimum atomic E-state index is -3.54. The third-order valence-corrected chi connectivity index (χ3v) is 9.02. The zero-order valence-corrected chi connectivity index (χ0v) is 19.4. The summed E-state index contributed by atoms with van der Waals surface area (Å²) in [5.74, 6) is 0.840. The Morgan fingerprint density at radius 3 is 2.47 bits per heavy atom. The maximum Gasteiger partial charge on any atom is 0.252 e. The minimum absolute atomic E-state index is 0.0833. The summed E-state index contributed by atoms with van der Waals surface area (Å²) in [6.45, 7) is 2.63. The van der Waals surface area contributed by atoms with Gasteiger partial charge in [-0.05, 0) is 43.0 Å². The molecule has 1 N–H and O–H groups in total. The smallest absolute Gasteiger partial charge is 0.252 e. The molecule has 0 bridgehead atoms. The summed E-state index contributed by atoms with van der Waals surface area (Å²) in [5.41, 5.74) is 0.545. The van der Waals surface area contributed by atoms with Gasteiger partial charge in [-0.1, -0.05) is 18.5 Å². The third kappa shape index (κ3) is 4.91. The summed E-state index contributed by atoms with van der Waals surface area (Å²) in [7, 11) is -0.442. The number of methoxy groups -OCH3 is 2. The number of halogens is 1. The van der Waals surface area contributed by atoms with Crippen LogP contribution in [0, 0.1) is 11.8 Å². The SMILES string of the molecule is COc1ccc(OC)c(NC(=O)C(C)C2CCN(S(=O)(=O)c3ccc(Cl)s3)CC2)c1. The van der Waals surface area contributed by atoms with Crippen molar-refractivity contribution in [2.24, 2.45) is 11.8 Å². The molecule has 1 aromatic carbocycles. The van der Waals surface area contributed by atoms with Gasteiger partial charge in [-0.2, -0.15) is 4.31 Å². The monoisotopic (exact) mass is 472 g/mol. The maximum atomic E-state index is 12.8. The zero-order chi connectivity index (χ0) is 21.9. The molecule has 164 valence electrons. The van der Waals surface area contributed by atoms with Crippen LogP contribution < -0.4 is 14.8 Å². The lowest BCUT2D eigenvalue weighted by Gasteiger charge is -2.33. The van der Waals surface area contributed by atoms with Crippen LogP contribution in [0.15, 0.2) is 34.5 Å². The Labute approximate surface area is 186 Å². The number of hydrogen-bond donors (Lipinski definition) is 1. The number of nitrogens with zero attached hydrogens (tertiary/aromatic N) is 1. The molecular formula is C20H25ClN2O5S2. The lowest BCUT2D eigenvalue weighted by atomic mass is 9.85. The van der Waals surface area contributed by atoms with Crippen molar-refractivity contribution in [2.75, 3.05) is 32.6 Å². The first-order valence-corrected chi connectivity index (χ1v) is 12.2. The average Bonchev–Trinajstić information content (AvgIpc) is 3.20. The predicted molar refractivity (Wildman–Crippen MR) is 118 cm³/mol. The van der Waals surface area contributed by atoms with E-state index in [9.17, 15) is 13.2 Å². The number of anilines is 1. The molecular weight excluding hydrogens is 448 g/mol. The van der Waals surface area contributed by atoms with Gasteiger partial charge in [0.05, 0.1) is 24.2 Å². The van der Waals surface area contributed by atoms with Crippen LogP contribution in [-0.4, -0.2) is 45.9 Å². The van der Waals surface area contributed by atoms with Crippen LogP contribution in [0.5, 0.6) is 11.5 Å². The molecule has 0 aliphatic carbocycles. The Balaban J connectivity index is 1.62. The molecule has 2 aromatic rings. The van der Waals surface area contributed by atoms with Gasteiger partial charge < -0.3 is 14.8 Å². The van der Waals surface area contributed by atoms with Gasteiger partial charge in [0, 0.05) is 25.1 Å². The average molecular weight is 473 g/mol. The molecule has 10 heteroatoms. The van der Waals surface area contributed by atoms with Gasteiger partial charge in [0.2, 0.25) is 5.91 Å². The number of hydrogen-bond acceptors (Lipinski definition) is 6. The van der Waals surface area contributed by atoms with E-state index in [0.717, 1.165) is 11.3 Å². The van der Waals surface area contributed by atoms with E-state index in [1.54, 1.807) is 31.4 Å². The largest absolute Gasteiger partial charge is 0.497 e. The Morgan fingerprint density at radius 1 is 1.20 bits per heavy atom. The summed E-state index contributed by atoms with van der Waals surface area (Å²) in [6, 6.07) is 8.33. The third-order valence-electron chi connectivity index (χ3n) is 5.43. The fourth-order valence-electron chi connectivity index (χ4n) is 3.55. The van der Waals surface area contributed by atoms with E-state index in [2.05, 4.69) is 5.32 Å². The second-order valence-electron chi connectivity index (χ2n) is 7.14. The number of carbonyl (C=O) groups excluding carboxylic acids is 1. The van der Waals surface area contributed by atoms with Crippen molar-refractivity contribution in [2.45, 2.75) is 24.0 Å². The number of ether oxygens (including phenoxy) is 2. The molecule has 3 rings (SSSR count). The van der Waals surface area contributed by atoms with Crippen molar-refractivity contribution in [3.05, 3.63) is 34.7 Å². The van der Waals surface area contributed by atoms with Crippen LogP contribution in [-0.2, 0) is 14.8 Å². The number of benzene rings is 1. The van der Waals surface area contributed by atoms with Gasteiger partial charge in [0.25, 0.3) is 10.0 Å². The quantitative estimate of drug-likeness (QED) is 0.655. The Bertz CT molecular complexity index is 1000. The van der Waals surface area contributed by atoms with Gasteiger partial charge in [0.1, 0.15) is 15.7 Å². The Morgan fingerprint density at radius 2 is 1.90 bits per heavy atom. The van der Waals surface area contributed by atoms with Crippen molar-refractivity contribution < 1.29 is 22.7 Å². The van der Waals surface area contributed by atoms with Crippen molar-refractivity contribution in [3.63, 3.8) is 0 Å². The topological polar surface area (TPSA) is 84.9 Å². The van der Waals surface area contributed by atoms with Crippen molar-refractivity contribution in [3.8, 4) is 11.5 Å². The molecule has 0 radical (unpaired) electrons. The van der Waals surface area contributed by atoms with Crippen LogP contribution >= 0.6 is 22.9 Å². The second kappa shape index (κ2) is 9.55. The van der Waals surface area contributed by atoms with Gasteiger partial charge >= 0.3 is 0 Å². The first-order chi connectivity index (χ1) is 14.3. The highest BCUT2D eigenvalue weighted by Crippen LogP contribution is 2.34. The fourth-order valence-corrected chi connectivity index (χ4v) is 6.66. The van der Waals surface area contributed by atoms with Crippen LogP contribution in [0.2, 0.25) is 4.34 Å². The summed E-state index contributed by atoms with van der Waals surface area (Å²) in [6.07, 6.45) is 1.23. The highest BCUT2D eigenvalue weighted by molar-refractivity contribution is 7.91. The number of rotatable bonds is 7. The summed E-state index contributed by atoms with van der Waals surface area (Å²) in [5, 5.41) is 2.91. The Hall–Kier alpha value is -1.81. The Kier molecular flexibility index (Phi) is 7.28. The molecule has 1 aromatic heterocycles. The van der Waals surface area contributed by atoms with Crippen molar-refractivity contribution in [1.82, 2.24) is 4.31 Å². The van der Waals surface area contributed by atoms with E-state index < -0.39 is 10.0 Å². The van der Waals surface area contributed by atoms with E-state index >= 15 is 0 Å². The molecule has 1 atom stereocenters. The number of thiophene rings is 1. The van der Waals surface area contributed by atoms with Crippen LogP contribution in [0.4, 0.5) is 5.69 Å². The molecule has 1 unspecified atom stereocenters. The summed E-state index contributed by atoms with van der Waals surface area (Å²) < 4.78 is 38.2. The maximum absolute atomic E-state index is 12.8. The highest BCUT2D eigenvalue weighted by Gasteiger charge is 2.34. The number of carbonyl (C=O) groups is 1. The number of piperidine rings is 1. The van der Waals surface area contributed by atoms with E-state index in [-0.39, 0.29) is 22.0 Å². The van der Waals surface area contributed by atoms with E-state index in [4.69, 9.17) is 21.1 Å². The van der Waals surface area contributed by atoms with Crippen LogP contribution in [0.3, 0.4) is 0 Å². The first kappa shape index (κ1) is 22.9. The van der Waals surface area contributed by atoms with E-state index in [1.807, 2.05) is 6.92 Å². The molecule has 1 aliphatic heterocycles. The van der Waals surface area contributed by atoms with Crippen LogP contribution in [0.25, 0.3) is 0 Å². The summed E-state index contributed by atoms with van der Waals surface area (Å²) in [4.78, 5) is 12.8. The molecule has 1 saturated heterocycles. The molecule has 30 heavy (non-hydrogen) atoms. The summed E-state index contributed by atoms with van der Waals surface area (Å²) >= 11 is 6.94. The molecule has 0 saturated carbocycles. The van der Waals surface area contributed by atoms with Gasteiger partial charge in [-0.25, -0.2) is 8.42 Å². The normalized spacial score (nSPS) is 16.8. The first-order valence-electron chi connectivity index (χ1n) is 9.54. The lowest BCUT2D eigenvalue weighted by Crippen LogP contribution is -2.41. The van der Waals surface area contributed by atoms with E-state index in [0.29, 0.717) is 47.5 Å². The standard InChI is InChI=1S/C20H25ClN2O5S2/c1-13(20(24)22-16-12-15(27-2)4-5-17(16)28-3)14-8-10-23(11-9-14)30(25,26)19-7-6-18(21)29-19/h4-7,12-14H,8-11H2,1-3H3,(H,22,24). The highest BCUT2D eigenvalue weighted by atomic mass is 35.5. The molecule has 0 spiro atoms. The van der Waals surface area contributed by atoms with E-state index in [1.165, 1.54) is 17.5 Å². The molecule has 1 aliphatic rings. The van der Waals surface area contributed by atoms with Crippen molar-refractivity contribution in [1.29, 1.82) is 0 Å². The van der Waals surface area contributed by atoms with Crippen LogP contribution in [0.1, 0.15) is 19.8 Å². The number of amides is 1. The molecule has 1 fully saturated rings. The zero-order valence-electron chi connectivity index (χ0n) is 17.1. The molecule has 2 heterocycles. The molecule has 1 amide bonds. The predicted octanol–water partition coefficient (Wildman–Crippen LogP) is 4.09. The van der Waals surface area contributed by atoms with Crippen molar-refractivity contribution >= 4 is 44.6 Å².